The van der Waals surface area contributed by atoms with E-state index in [2.05, 4.69) is 9.88 Å². The fraction of sp³-hybridized carbons (Fsp3) is 0.478. The Morgan fingerprint density at radius 1 is 1.33 bits per heavy atom. The number of halogens is 2. The molecule has 2 atom stereocenters. The first kappa shape index (κ1) is 23.0. The Balaban J connectivity index is 1.70. The van der Waals surface area contributed by atoms with Crippen LogP contribution in [0.2, 0.25) is 0 Å². The van der Waals surface area contributed by atoms with Crippen molar-refractivity contribution in [3.05, 3.63) is 53.1 Å². The molecule has 1 fully saturated rings. The van der Waals surface area contributed by atoms with Gasteiger partial charge in [0.25, 0.3) is 5.91 Å². The predicted octanol–water partition coefficient (Wildman–Crippen LogP) is 3.25. The number of anilines is 1. The van der Waals surface area contributed by atoms with E-state index in [9.17, 15) is 13.6 Å². The number of hydrogen-bond donors (Lipinski definition) is 1. The molecule has 0 saturated carbocycles. The van der Waals surface area contributed by atoms with Gasteiger partial charge in [0.1, 0.15) is 11.6 Å². The molecule has 1 aliphatic heterocycles. The number of nitrogens with two attached hydrogens (primary N) is 1. The number of carbonyl (C=O) groups excluding carboxylic acids is 1. The summed E-state index contributed by atoms with van der Waals surface area (Å²) < 4.78 is 29.3. The third-order valence-electron chi connectivity index (χ3n) is 6.04. The molecule has 3 aromatic rings. The van der Waals surface area contributed by atoms with Crippen molar-refractivity contribution in [3.8, 4) is 0 Å². The topological polar surface area (TPSA) is 92.7 Å². The van der Waals surface area contributed by atoms with Gasteiger partial charge in [-0.2, -0.15) is 5.10 Å². The van der Waals surface area contributed by atoms with Crippen molar-refractivity contribution in [2.45, 2.75) is 52.1 Å². The van der Waals surface area contributed by atoms with Crippen LogP contribution in [0.25, 0.3) is 5.65 Å². The zero-order chi connectivity index (χ0) is 23.7. The first-order chi connectivity index (χ1) is 15.8. The van der Waals surface area contributed by atoms with Gasteiger partial charge in [-0.15, -0.1) is 0 Å². The highest BCUT2D eigenvalue weighted by Gasteiger charge is 2.30. The van der Waals surface area contributed by atoms with Crippen LogP contribution in [0.15, 0.2) is 24.5 Å². The highest BCUT2D eigenvalue weighted by Crippen LogP contribution is 2.29. The Morgan fingerprint density at radius 3 is 2.76 bits per heavy atom. The maximum absolute atomic E-state index is 14.3. The van der Waals surface area contributed by atoms with Gasteiger partial charge < -0.3 is 15.5 Å². The highest BCUT2D eigenvalue weighted by atomic mass is 19.1. The summed E-state index contributed by atoms with van der Waals surface area (Å²) in [4.78, 5) is 25.4. The summed E-state index contributed by atoms with van der Waals surface area (Å²) in [7, 11) is 0. The minimum absolute atomic E-state index is 0.140. The average Bonchev–Trinajstić information content (AvgIpc) is 3.38. The number of rotatable bonds is 7. The van der Waals surface area contributed by atoms with E-state index < -0.39 is 29.3 Å². The molecule has 0 unspecified atom stereocenters. The quantitative estimate of drug-likeness (QED) is 0.586. The van der Waals surface area contributed by atoms with Gasteiger partial charge in [0, 0.05) is 49.6 Å². The lowest BCUT2D eigenvalue weighted by atomic mass is 10.1. The van der Waals surface area contributed by atoms with Crippen molar-refractivity contribution in [2.24, 2.45) is 5.73 Å². The van der Waals surface area contributed by atoms with E-state index >= 15 is 0 Å². The van der Waals surface area contributed by atoms with Gasteiger partial charge in [-0.25, -0.2) is 23.3 Å². The number of aryl methyl sites for hydroxylation is 1. The van der Waals surface area contributed by atoms with Crippen molar-refractivity contribution in [1.82, 2.24) is 24.5 Å². The molecule has 1 amide bonds. The standard InChI is InChI=1S/C23H29F2N7O/c1-4-6-19(31(5-2)23(33)21-17(25)9-15(24)11-27-21)18-10-20-28-22(14(3)12-32(20)29-18)30-8-7-16(26)13-30/h9-12,16,19H,4-8,13,26H2,1-3H3/t16-,19-/m0/s1. The van der Waals surface area contributed by atoms with E-state index in [4.69, 9.17) is 15.8 Å². The van der Waals surface area contributed by atoms with Crippen molar-refractivity contribution >= 4 is 17.4 Å². The van der Waals surface area contributed by atoms with Crippen LogP contribution >= 0.6 is 0 Å². The molecule has 0 aliphatic carbocycles. The second kappa shape index (κ2) is 9.38. The van der Waals surface area contributed by atoms with E-state index in [1.165, 1.54) is 4.90 Å². The SMILES string of the molecule is CCC[C@@H](c1cc2nc(N3CC[C@H](N)C3)c(C)cn2n1)N(CC)C(=O)c1ncc(F)cc1F. The number of aromatic nitrogens is 4. The molecule has 3 aromatic heterocycles. The van der Waals surface area contributed by atoms with Gasteiger partial charge in [0.2, 0.25) is 0 Å². The van der Waals surface area contributed by atoms with Crippen LogP contribution in [-0.2, 0) is 0 Å². The van der Waals surface area contributed by atoms with Crippen LogP contribution in [-0.4, -0.2) is 56.1 Å². The van der Waals surface area contributed by atoms with Gasteiger partial charge in [0.15, 0.2) is 17.2 Å². The van der Waals surface area contributed by atoms with Crippen molar-refractivity contribution in [2.75, 3.05) is 24.5 Å². The summed E-state index contributed by atoms with van der Waals surface area (Å²) in [5.74, 6) is -1.51. The molecule has 0 aromatic carbocycles. The molecule has 0 radical (unpaired) electrons. The predicted molar refractivity (Wildman–Crippen MR) is 121 cm³/mol. The molecule has 176 valence electrons. The molecule has 0 bridgehead atoms. The van der Waals surface area contributed by atoms with Crippen LogP contribution in [0.5, 0.6) is 0 Å². The smallest absolute Gasteiger partial charge is 0.276 e. The van der Waals surface area contributed by atoms with Gasteiger partial charge >= 0.3 is 0 Å². The number of fused-ring (bicyclic) bond motifs is 1. The molecule has 10 heteroatoms. The number of nitrogens with zero attached hydrogens (tertiary/aromatic N) is 6. The summed E-state index contributed by atoms with van der Waals surface area (Å²) in [6, 6.07) is 2.28. The molecule has 4 heterocycles. The first-order valence-corrected chi connectivity index (χ1v) is 11.3. The Bertz CT molecular complexity index is 1170. The van der Waals surface area contributed by atoms with E-state index in [-0.39, 0.29) is 6.04 Å². The van der Waals surface area contributed by atoms with Gasteiger partial charge in [-0.3, -0.25) is 4.79 Å². The summed E-state index contributed by atoms with van der Waals surface area (Å²) in [6.07, 6.45) is 5.11. The summed E-state index contributed by atoms with van der Waals surface area (Å²) in [5, 5.41) is 4.70. The Morgan fingerprint density at radius 2 is 2.12 bits per heavy atom. The maximum atomic E-state index is 14.3. The summed E-state index contributed by atoms with van der Waals surface area (Å²) in [6.45, 7) is 7.75. The lowest BCUT2D eigenvalue weighted by Gasteiger charge is -2.29. The lowest BCUT2D eigenvalue weighted by Crippen LogP contribution is -2.36. The Kier molecular flexibility index (Phi) is 6.55. The third kappa shape index (κ3) is 4.52. The number of carbonyl (C=O) groups is 1. The summed E-state index contributed by atoms with van der Waals surface area (Å²) in [5.41, 5.74) is 7.99. The number of hydrogen-bond acceptors (Lipinski definition) is 6. The minimum Gasteiger partial charge on any atom is -0.355 e. The lowest BCUT2D eigenvalue weighted by molar-refractivity contribution is 0.0661. The zero-order valence-corrected chi connectivity index (χ0v) is 19.1. The number of pyridine rings is 1. The Labute approximate surface area is 191 Å². The number of amides is 1. The third-order valence-corrected chi connectivity index (χ3v) is 6.04. The second-order valence-corrected chi connectivity index (χ2v) is 8.49. The van der Waals surface area contributed by atoms with Crippen LogP contribution in [0.3, 0.4) is 0 Å². The van der Waals surface area contributed by atoms with E-state index in [0.717, 1.165) is 43.5 Å². The molecule has 1 aliphatic rings. The van der Waals surface area contributed by atoms with E-state index in [1.807, 2.05) is 33.0 Å². The second-order valence-electron chi connectivity index (χ2n) is 8.49. The van der Waals surface area contributed by atoms with Crippen molar-refractivity contribution < 1.29 is 13.6 Å². The van der Waals surface area contributed by atoms with E-state index in [0.29, 0.717) is 30.4 Å². The average molecular weight is 458 g/mol. The maximum Gasteiger partial charge on any atom is 0.276 e. The van der Waals surface area contributed by atoms with Crippen LogP contribution in [0.4, 0.5) is 14.6 Å². The fourth-order valence-corrected chi connectivity index (χ4v) is 4.43. The molecule has 0 spiro atoms. The largest absolute Gasteiger partial charge is 0.355 e. The monoisotopic (exact) mass is 457 g/mol. The van der Waals surface area contributed by atoms with Gasteiger partial charge in [-0.05, 0) is 26.7 Å². The van der Waals surface area contributed by atoms with Crippen molar-refractivity contribution in [1.29, 1.82) is 0 Å². The van der Waals surface area contributed by atoms with E-state index in [1.54, 1.807) is 4.52 Å². The van der Waals surface area contributed by atoms with Crippen LogP contribution < -0.4 is 10.6 Å². The molecule has 8 nitrogen and oxygen atoms in total. The van der Waals surface area contributed by atoms with Gasteiger partial charge in [-0.1, -0.05) is 13.3 Å². The fourth-order valence-electron chi connectivity index (χ4n) is 4.43. The molecule has 2 N–H and O–H groups in total. The molecule has 1 saturated heterocycles. The molecular weight excluding hydrogens is 428 g/mol. The molecule has 33 heavy (non-hydrogen) atoms. The van der Waals surface area contributed by atoms with Gasteiger partial charge in [0.05, 0.1) is 17.9 Å². The highest BCUT2D eigenvalue weighted by molar-refractivity contribution is 5.92. The minimum atomic E-state index is -0.977. The van der Waals surface area contributed by atoms with Crippen molar-refractivity contribution in [3.63, 3.8) is 0 Å². The molecule has 4 rings (SSSR count). The normalized spacial score (nSPS) is 17.0. The zero-order valence-electron chi connectivity index (χ0n) is 19.1. The van der Waals surface area contributed by atoms with Crippen LogP contribution in [0, 0.1) is 18.6 Å². The van der Waals surface area contributed by atoms with Crippen LogP contribution in [0.1, 0.15) is 60.9 Å². The molecular formula is C23H29F2N7O. The Hall–Kier alpha value is -3.14. The first-order valence-electron chi connectivity index (χ1n) is 11.3. The summed E-state index contributed by atoms with van der Waals surface area (Å²) >= 11 is 0.